The van der Waals surface area contributed by atoms with E-state index in [1.807, 2.05) is 17.9 Å². The summed E-state index contributed by atoms with van der Waals surface area (Å²) >= 11 is 5.98. The standard InChI is InChI=1S/C16H22ClN3O2/c1-11-8-12(5-6-14(11)17)19-16(22)10-20-7-3-2-4-13(20)9-15(18)21/h5-6,8,13H,2-4,7,9-10H2,1H3,(H2,18,21)(H,19,22). The van der Waals surface area contributed by atoms with E-state index in [0.29, 0.717) is 11.4 Å². The first-order valence-electron chi connectivity index (χ1n) is 7.54. The number of hydrogen-bond donors (Lipinski definition) is 2. The maximum atomic E-state index is 12.2. The molecule has 22 heavy (non-hydrogen) atoms. The number of hydrogen-bond acceptors (Lipinski definition) is 3. The molecule has 1 aromatic rings. The third-order valence-corrected chi connectivity index (χ3v) is 4.40. The van der Waals surface area contributed by atoms with Crippen LogP contribution in [0.3, 0.4) is 0 Å². The summed E-state index contributed by atoms with van der Waals surface area (Å²) in [5, 5.41) is 3.55. The zero-order chi connectivity index (χ0) is 16.1. The molecule has 1 aliphatic heterocycles. The fraction of sp³-hybridized carbons (Fsp3) is 0.500. The molecule has 2 rings (SSSR count). The van der Waals surface area contributed by atoms with Gasteiger partial charge >= 0.3 is 0 Å². The number of anilines is 1. The maximum Gasteiger partial charge on any atom is 0.238 e. The van der Waals surface area contributed by atoms with Gasteiger partial charge in [0.1, 0.15) is 0 Å². The molecule has 0 radical (unpaired) electrons. The number of halogens is 1. The zero-order valence-corrected chi connectivity index (χ0v) is 13.5. The van der Waals surface area contributed by atoms with E-state index in [-0.39, 0.29) is 24.4 Å². The fourth-order valence-electron chi connectivity index (χ4n) is 2.84. The molecule has 0 aromatic heterocycles. The Labute approximate surface area is 135 Å². The lowest BCUT2D eigenvalue weighted by atomic mass is 9.99. The number of carbonyl (C=O) groups excluding carboxylic acids is 2. The molecule has 0 aliphatic carbocycles. The molecule has 1 aromatic carbocycles. The Morgan fingerprint density at radius 2 is 2.18 bits per heavy atom. The number of carbonyl (C=O) groups is 2. The number of rotatable bonds is 5. The monoisotopic (exact) mass is 323 g/mol. The topological polar surface area (TPSA) is 75.4 Å². The number of aryl methyl sites for hydroxylation is 1. The van der Waals surface area contributed by atoms with Crippen molar-refractivity contribution in [1.82, 2.24) is 4.90 Å². The second kappa shape index (κ2) is 7.61. The van der Waals surface area contributed by atoms with E-state index in [0.717, 1.165) is 37.1 Å². The van der Waals surface area contributed by atoms with Crippen LogP contribution in [-0.2, 0) is 9.59 Å². The van der Waals surface area contributed by atoms with Gasteiger partial charge in [-0.3, -0.25) is 14.5 Å². The van der Waals surface area contributed by atoms with Crippen molar-refractivity contribution >= 4 is 29.1 Å². The number of piperidine rings is 1. The van der Waals surface area contributed by atoms with E-state index in [2.05, 4.69) is 5.32 Å². The Kier molecular flexibility index (Phi) is 5.80. The average Bonchev–Trinajstić information content (AvgIpc) is 2.44. The predicted molar refractivity (Wildman–Crippen MR) is 87.8 cm³/mol. The van der Waals surface area contributed by atoms with Crippen molar-refractivity contribution in [2.75, 3.05) is 18.4 Å². The van der Waals surface area contributed by atoms with Gasteiger partial charge in [0.25, 0.3) is 0 Å². The smallest absolute Gasteiger partial charge is 0.238 e. The lowest BCUT2D eigenvalue weighted by molar-refractivity contribution is -0.122. The molecular formula is C16H22ClN3O2. The van der Waals surface area contributed by atoms with Gasteiger partial charge in [-0.05, 0) is 50.1 Å². The molecule has 1 aliphatic rings. The highest BCUT2D eigenvalue weighted by Crippen LogP contribution is 2.21. The third-order valence-electron chi connectivity index (χ3n) is 3.97. The van der Waals surface area contributed by atoms with Crippen LogP contribution < -0.4 is 11.1 Å². The number of benzene rings is 1. The van der Waals surface area contributed by atoms with Gasteiger partial charge in [0.05, 0.1) is 6.54 Å². The van der Waals surface area contributed by atoms with Crippen LogP contribution in [0.25, 0.3) is 0 Å². The van der Waals surface area contributed by atoms with Gasteiger partial charge in [0.2, 0.25) is 11.8 Å². The first kappa shape index (κ1) is 16.8. The minimum absolute atomic E-state index is 0.0731. The lowest BCUT2D eigenvalue weighted by Gasteiger charge is -2.34. The van der Waals surface area contributed by atoms with Crippen LogP contribution in [0.15, 0.2) is 18.2 Å². The highest BCUT2D eigenvalue weighted by molar-refractivity contribution is 6.31. The molecule has 5 nitrogen and oxygen atoms in total. The Bertz CT molecular complexity index is 562. The number of amides is 2. The van der Waals surface area contributed by atoms with Crippen molar-refractivity contribution in [2.24, 2.45) is 5.73 Å². The molecule has 2 amide bonds. The van der Waals surface area contributed by atoms with Gasteiger partial charge in [0, 0.05) is 23.2 Å². The highest BCUT2D eigenvalue weighted by Gasteiger charge is 2.25. The van der Waals surface area contributed by atoms with Gasteiger partial charge in [0.15, 0.2) is 0 Å². The molecule has 3 N–H and O–H groups in total. The molecule has 0 bridgehead atoms. The van der Waals surface area contributed by atoms with Gasteiger partial charge < -0.3 is 11.1 Å². The zero-order valence-electron chi connectivity index (χ0n) is 12.8. The van der Waals surface area contributed by atoms with Crippen LogP contribution >= 0.6 is 11.6 Å². The summed E-state index contributed by atoms with van der Waals surface area (Å²) in [6.45, 7) is 3.00. The van der Waals surface area contributed by atoms with Gasteiger partial charge in [-0.1, -0.05) is 18.0 Å². The second-order valence-electron chi connectivity index (χ2n) is 5.80. The van der Waals surface area contributed by atoms with E-state index in [9.17, 15) is 9.59 Å². The van der Waals surface area contributed by atoms with E-state index in [1.165, 1.54) is 0 Å². The van der Waals surface area contributed by atoms with Crippen molar-refractivity contribution in [1.29, 1.82) is 0 Å². The van der Waals surface area contributed by atoms with Crippen molar-refractivity contribution in [3.63, 3.8) is 0 Å². The molecule has 6 heteroatoms. The minimum atomic E-state index is -0.314. The normalized spacial score (nSPS) is 18.9. The van der Waals surface area contributed by atoms with Crippen LogP contribution in [0.5, 0.6) is 0 Å². The third kappa shape index (κ3) is 4.71. The number of nitrogens with two attached hydrogens (primary N) is 1. The molecule has 1 fully saturated rings. The van der Waals surface area contributed by atoms with Gasteiger partial charge in [-0.25, -0.2) is 0 Å². The van der Waals surface area contributed by atoms with Crippen molar-refractivity contribution < 1.29 is 9.59 Å². The van der Waals surface area contributed by atoms with Crippen molar-refractivity contribution in [2.45, 2.75) is 38.6 Å². The molecule has 0 spiro atoms. The van der Waals surface area contributed by atoms with E-state index >= 15 is 0 Å². The fourth-order valence-corrected chi connectivity index (χ4v) is 2.96. The number of nitrogens with one attached hydrogen (secondary N) is 1. The van der Waals surface area contributed by atoms with Crippen LogP contribution in [0.1, 0.15) is 31.2 Å². The summed E-state index contributed by atoms with van der Waals surface area (Å²) < 4.78 is 0. The minimum Gasteiger partial charge on any atom is -0.370 e. The first-order valence-corrected chi connectivity index (χ1v) is 7.92. The number of primary amides is 1. The highest BCUT2D eigenvalue weighted by atomic mass is 35.5. The second-order valence-corrected chi connectivity index (χ2v) is 6.21. The van der Waals surface area contributed by atoms with E-state index in [1.54, 1.807) is 12.1 Å². The van der Waals surface area contributed by atoms with Crippen molar-refractivity contribution in [3.8, 4) is 0 Å². The van der Waals surface area contributed by atoms with Crippen molar-refractivity contribution in [3.05, 3.63) is 28.8 Å². The van der Waals surface area contributed by atoms with Crippen LogP contribution in [0.2, 0.25) is 5.02 Å². The lowest BCUT2D eigenvalue weighted by Crippen LogP contribution is -2.45. The quantitative estimate of drug-likeness (QED) is 0.873. The van der Waals surface area contributed by atoms with Gasteiger partial charge in [-0.2, -0.15) is 0 Å². The van der Waals surface area contributed by atoms with Crippen LogP contribution in [0, 0.1) is 6.92 Å². The van der Waals surface area contributed by atoms with E-state index < -0.39 is 0 Å². The van der Waals surface area contributed by atoms with Crippen LogP contribution in [0.4, 0.5) is 5.69 Å². The number of likely N-dealkylation sites (tertiary alicyclic amines) is 1. The maximum absolute atomic E-state index is 12.2. The average molecular weight is 324 g/mol. The largest absolute Gasteiger partial charge is 0.370 e. The predicted octanol–water partition coefficient (Wildman–Crippen LogP) is 2.32. The molecular weight excluding hydrogens is 302 g/mol. The number of nitrogens with zero attached hydrogens (tertiary/aromatic N) is 1. The molecule has 1 heterocycles. The summed E-state index contributed by atoms with van der Waals surface area (Å²) in [6.07, 6.45) is 3.35. The van der Waals surface area contributed by atoms with Crippen LogP contribution in [-0.4, -0.2) is 35.8 Å². The Hall–Kier alpha value is -1.59. The molecule has 120 valence electrons. The van der Waals surface area contributed by atoms with Gasteiger partial charge in [-0.15, -0.1) is 0 Å². The molecule has 0 saturated carbocycles. The molecule has 1 saturated heterocycles. The summed E-state index contributed by atoms with van der Waals surface area (Å²) in [6, 6.07) is 5.47. The summed E-state index contributed by atoms with van der Waals surface area (Å²) in [5.74, 6) is -0.399. The summed E-state index contributed by atoms with van der Waals surface area (Å²) in [4.78, 5) is 25.4. The first-order chi connectivity index (χ1) is 10.5. The van der Waals surface area contributed by atoms with E-state index in [4.69, 9.17) is 17.3 Å². The Morgan fingerprint density at radius 1 is 1.41 bits per heavy atom. The summed E-state index contributed by atoms with van der Waals surface area (Å²) in [7, 11) is 0. The molecule has 1 unspecified atom stereocenters. The molecule has 1 atom stereocenters. The Balaban J connectivity index is 1.94. The summed E-state index contributed by atoms with van der Waals surface area (Å²) in [5.41, 5.74) is 6.94. The SMILES string of the molecule is Cc1cc(NC(=O)CN2CCCCC2CC(N)=O)ccc1Cl. The Morgan fingerprint density at radius 3 is 2.86 bits per heavy atom.